The van der Waals surface area contributed by atoms with E-state index in [4.69, 9.17) is 27.9 Å². The summed E-state index contributed by atoms with van der Waals surface area (Å²) in [5.41, 5.74) is 3.52. The molecule has 0 fully saturated rings. The summed E-state index contributed by atoms with van der Waals surface area (Å²) in [6.45, 7) is 0. The molecule has 0 aliphatic carbocycles. The first-order chi connectivity index (χ1) is 12.6. The Kier molecular flexibility index (Phi) is 4.41. The fraction of sp³-hybridized carbons (Fsp3) is 0.0526. The maximum Gasteiger partial charge on any atom is 0.143 e. The molecular formula is C19H14Cl2N4O. The molecule has 0 saturated carbocycles. The third-order valence-electron chi connectivity index (χ3n) is 4.01. The van der Waals surface area contributed by atoms with Crippen molar-refractivity contribution in [1.82, 2.24) is 15.0 Å². The van der Waals surface area contributed by atoms with E-state index in [0.717, 1.165) is 33.7 Å². The average molecular weight is 385 g/mol. The molecule has 0 bridgehead atoms. The second kappa shape index (κ2) is 6.86. The number of halogens is 2. The number of nitrogens with one attached hydrogen (secondary N) is 2. The number of rotatable bonds is 4. The zero-order chi connectivity index (χ0) is 18.1. The van der Waals surface area contributed by atoms with Gasteiger partial charge in [0, 0.05) is 11.4 Å². The molecule has 26 heavy (non-hydrogen) atoms. The van der Waals surface area contributed by atoms with E-state index in [9.17, 15) is 0 Å². The molecule has 7 heteroatoms. The number of H-pyrrole nitrogens is 1. The van der Waals surface area contributed by atoms with E-state index in [1.54, 1.807) is 19.2 Å². The molecule has 4 aromatic rings. The summed E-state index contributed by atoms with van der Waals surface area (Å²) in [6.07, 6.45) is 1.51. The van der Waals surface area contributed by atoms with Gasteiger partial charge in [-0.05, 0) is 54.1 Å². The van der Waals surface area contributed by atoms with Crippen molar-refractivity contribution in [2.24, 2.45) is 0 Å². The van der Waals surface area contributed by atoms with Crippen LogP contribution >= 0.6 is 23.2 Å². The summed E-state index contributed by atoms with van der Waals surface area (Å²) < 4.78 is 5.20. The number of fused-ring (bicyclic) bond motifs is 1. The molecule has 0 saturated heterocycles. The molecule has 0 radical (unpaired) electrons. The van der Waals surface area contributed by atoms with E-state index in [-0.39, 0.29) is 0 Å². The van der Waals surface area contributed by atoms with Gasteiger partial charge >= 0.3 is 0 Å². The molecule has 0 aliphatic rings. The monoisotopic (exact) mass is 384 g/mol. The van der Waals surface area contributed by atoms with Crippen LogP contribution < -0.4 is 10.1 Å². The predicted octanol–water partition coefficient (Wildman–Crippen LogP) is 5.68. The van der Waals surface area contributed by atoms with Crippen molar-refractivity contribution in [3.05, 3.63) is 64.9 Å². The molecule has 130 valence electrons. The number of benzene rings is 2. The molecule has 5 nitrogen and oxygen atoms in total. The minimum Gasteiger partial charge on any atom is -0.497 e. The molecule has 2 heterocycles. The highest BCUT2D eigenvalue weighted by Crippen LogP contribution is 2.31. The number of aromatic nitrogens is 3. The first-order valence-corrected chi connectivity index (χ1v) is 8.60. The Hall–Kier alpha value is -2.76. The lowest BCUT2D eigenvalue weighted by molar-refractivity contribution is 0.415. The quantitative estimate of drug-likeness (QED) is 0.474. The van der Waals surface area contributed by atoms with Crippen molar-refractivity contribution in [1.29, 1.82) is 0 Å². The molecule has 0 unspecified atom stereocenters. The number of aromatic amines is 1. The van der Waals surface area contributed by atoms with Gasteiger partial charge in [0.2, 0.25) is 0 Å². The van der Waals surface area contributed by atoms with Gasteiger partial charge in [-0.15, -0.1) is 0 Å². The largest absolute Gasteiger partial charge is 0.497 e. The van der Waals surface area contributed by atoms with Crippen molar-refractivity contribution in [3.8, 4) is 17.0 Å². The van der Waals surface area contributed by atoms with E-state index < -0.39 is 0 Å². The van der Waals surface area contributed by atoms with Gasteiger partial charge in [0.1, 0.15) is 23.5 Å². The number of ether oxygens (including phenoxy) is 1. The van der Waals surface area contributed by atoms with Gasteiger partial charge in [0.05, 0.1) is 22.5 Å². The highest BCUT2D eigenvalue weighted by molar-refractivity contribution is 6.42. The summed E-state index contributed by atoms with van der Waals surface area (Å²) >= 11 is 12.1. The van der Waals surface area contributed by atoms with E-state index in [1.165, 1.54) is 6.33 Å². The first kappa shape index (κ1) is 16.7. The molecule has 0 amide bonds. The highest BCUT2D eigenvalue weighted by atomic mass is 35.5. The van der Waals surface area contributed by atoms with Gasteiger partial charge in [0.25, 0.3) is 0 Å². The molecule has 0 aliphatic heterocycles. The summed E-state index contributed by atoms with van der Waals surface area (Å²) in [7, 11) is 1.65. The second-order valence-electron chi connectivity index (χ2n) is 5.65. The summed E-state index contributed by atoms with van der Waals surface area (Å²) in [5, 5.41) is 5.13. The van der Waals surface area contributed by atoms with Crippen LogP contribution in [0.2, 0.25) is 10.0 Å². The Morgan fingerprint density at radius 1 is 0.962 bits per heavy atom. The Labute approximate surface area is 160 Å². The van der Waals surface area contributed by atoms with Gasteiger partial charge in [0.15, 0.2) is 0 Å². The zero-order valence-corrected chi connectivity index (χ0v) is 15.3. The maximum absolute atomic E-state index is 6.09. The Morgan fingerprint density at radius 2 is 1.77 bits per heavy atom. The van der Waals surface area contributed by atoms with Crippen molar-refractivity contribution in [3.63, 3.8) is 0 Å². The number of hydrogen-bond acceptors (Lipinski definition) is 4. The zero-order valence-electron chi connectivity index (χ0n) is 13.8. The highest BCUT2D eigenvalue weighted by Gasteiger charge is 2.10. The lowest BCUT2D eigenvalue weighted by Crippen LogP contribution is -1.95. The number of anilines is 2. The van der Waals surface area contributed by atoms with Crippen LogP contribution in [0.15, 0.2) is 54.9 Å². The summed E-state index contributed by atoms with van der Waals surface area (Å²) in [5.74, 6) is 1.50. The lowest BCUT2D eigenvalue weighted by Gasteiger charge is -2.07. The van der Waals surface area contributed by atoms with Crippen LogP contribution in [-0.2, 0) is 0 Å². The van der Waals surface area contributed by atoms with Crippen molar-refractivity contribution in [2.75, 3.05) is 12.4 Å². The van der Waals surface area contributed by atoms with Crippen LogP contribution in [0.5, 0.6) is 5.75 Å². The Morgan fingerprint density at radius 3 is 2.50 bits per heavy atom. The second-order valence-corrected chi connectivity index (χ2v) is 6.46. The smallest absolute Gasteiger partial charge is 0.143 e. The van der Waals surface area contributed by atoms with Crippen LogP contribution in [0.4, 0.5) is 11.5 Å². The predicted molar refractivity (Wildman–Crippen MR) is 106 cm³/mol. The Balaban J connectivity index is 1.71. The lowest BCUT2D eigenvalue weighted by atomic mass is 10.1. The Bertz CT molecular complexity index is 1080. The van der Waals surface area contributed by atoms with E-state index in [0.29, 0.717) is 15.9 Å². The van der Waals surface area contributed by atoms with Crippen LogP contribution in [0.3, 0.4) is 0 Å². The van der Waals surface area contributed by atoms with Crippen LogP contribution in [0.25, 0.3) is 22.3 Å². The van der Waals surface area contributed by atoms with Gasteiger partial charge in [-0.2, -0.15) is 0 Å². The fourth-order valence-corrected chi connectivity index (χ4v) is 2.97. The van der Waals surface area contributed by atoms with Gasteiger partial charge in [-0.25, -0.2) is 9.97 Å². The summed E-state index contributed by atoms with van der Waals surface area (Å²) in [4.78, 5) is 12.0. The fourth-order valence-electron chi connectivity index (χ4n) is 2.68. The number of hydrogen-bond donors (Lipinski definition) is 2. The van der Waals surface area contributed by atoms with Crippen LogP contribution in [0, 0.1) is 0 Å². The van der Waals surface area contributed by atoms with E-state index in [2.05, 4.69) is 20.3 Å². The van der Waals surface area contributed by atoms with Gasteiger partial charge in [-0.1, -0.05) is 23.2 Å². The molecule has 0 atom stereocenters. The van der Waals surface area contributed by atoms with Crippen molar-refractivity contribution < 1.29 is 4.74 Å². The SMILES string of the molecule is COc1ccc(-c2cc3c(Nc4ccc(Cl)c(Cl)c4)ncnc3[nH]2)cc1. The van der Waals surface area contributed by atoms with Crippen LogP contribution in [-0.4, -0.2) is 22.1 Å². The first-order valence-electron chi connectivity index (χ1n) is 7.84. The molecular weight excluding hydrogens is 371 g/mol. The minimum atomic E-state index is 0.481. The molecule has 2 aromatic heterocycles. The molecule has 2 aromatic carbocycles. The maximum atomic E-state index is 6.09. The average Bonchev–Trinajstić information content (AvgIpc) is 3.10. The third kappa shape index (κ3) is 3.19. The standard InChI is InChI=1S/C19H14Cl2N4O/c1-26-13-5-2-11(3-6-13)17-9-14-18(22-10-23-19(14)25-17)24-12-4-7-15(20)16(21)8-12/h2-10H,1H3,(H2,22,23,24,25). The molecule has 2 N–H and O–H groups in total. The van der Waals surface area contributed by atoms with E-state index in [1.807, 2.05) is 36.4 Å². The van der Waals surface area contributed by atoms with Gasteiger partial charge < -0.3 is 15.0 Å². The molecule has 4 rings (SSSR count). The summed E-state index contributed by atoms with van der Waals surface area (Å²) in [6, 6.07) is 15.2. The normalized spacial score (nSPS) is 10.9. The van der Waals surface area contributed by atoms with E-state index >= 15 is 0 Å². The third-order valence-corrected chi connectivity index (χ3v) is 4.75. The van der Waals surface area contributed by atoms with Gasteiger partial charge in [-0.3, -0.25) is 0 Å². The van der Waals surface area contributed by atoms with Crippen molar-refractivity contribution in [2.45, 2.75) is 0 Å². The topological polar surface area (TPSA) is 62.8 Å². The number of nitrogens with zero attached hydrogens (tertiary/aromatic N) is 2. The minimum absolute atomic E-state index is 0.481. The van der Waals surface area contributed by atoms with Crippen LogP contribution in [0.1, 0.15) is 0 Å². The number of methoxy groups -OCH3 is 1. The molecule has 0 spiro atoms. The van der Waals surface area contributed by atoms with Crippen molar-refractivity contribution >= 4 is 45.7 Å².